The van der Waals surface area contributed by atoms with Gasteiger partial charge in [0, 0.05) is 12.1 Å². The highest BCUT2D eigenvalue weighted by Crippen LogP contribution is 2.28. The Labute approximate surface area is 107 Å². The molecule has 0 amide bonds. The zero-order valence-corrected chi connectivity index (χ0v) is 10.7. The van der Waals surface area contributed by atoms with Gasteiger partial charge >= 0.3 is 0 Å². The lowest BCUT2D eigenvalue weighted by molar-refractivity contribution is 0.00980. The molecule has 1 aliphatic rings. The molecule has 1 atom stereocenters. The summed E-state index contributed by atoms with van der Waals surface area (Å²) in [5.74, 6) is 0.904. The lowest BCUT2D eigenvalue weighted by atomic mass is 10.1. The summed E-state index contributed by atoms with van der Waals surface area (Å²) in [7, 11) is 0. The van der Waals surface area contributed by atoms with Crippen molar-refractivity contribution in [3.8, 4) is 5.75 Å². The Hall–Kier alpha value is -1.13. The average Bonchev–Trinajstić information content (AvgIpc) is 3.06. The van der Waals surface area contributed by atoms with Crippen LogP contribution in [-0.2, 0) is 11.2 Å². The Kier molecular flexibility index (Phi) is 4.55. The predicted molar refractivity (Wildman–Crippen MR) is 67.9 cm³/mol. The van der Waals surface area contributed by atoms with Gasteiger partial charge in [-0.3, -0.25) is 0 Å². The first-order valence-electron chi connectivity index (χ1n) is 6.39. The normalized spacial score (nSPS) is 16.6. The second-order valence-corrected chi connectivity index (χ2v) is 5.05. The molecule has 2 rings (SSSR count). The summed E-state index contributed by atoms with van der Waals surface area (Å²) in [6.45, 7) is 2.81. The number of rotatable bonds is 7. The summed E-state index contributed by atoms with van der Waals surface area (Å²) in [4.78, 5) is 0. The van der Waals surface area contributed by atoms with Gasteiger partial charge in [-0.1, -0.05) is 0 Å². The van der Waals surface area contributed by atoms with E-state index >= 15 is 0 Å². The third-order valence-electron chi connectivity index (χ3n) is 2.85. The van der Waals surface area contributed by atoms with Gasteiger partial charge in [-0.2, -0.15) is 0 Å². The van der Waals surface area contributed by atoms with Crippen LogP contribution in [0.25, 0.3) is 0 Å². The fourth-order valence-electron chi connectivity index (χ4n) is 1.80. The molecule has 1 aromatic carbocycles. The van der Waals surface area contributed by atoms with Crippen LogP contribution < -0.4 is 10.5 Å². The summed E-state index contributed by atoms with van der Waals surface area (Å²) < 4.78 is 24.1. The van der Waals surface area contributed by atoms with Gasteiger partial charge < -0.3 is 15.2 Å². The smallest absolute Gasteiger partial charge is 0.189 e. The molecule has 1 saturated carbocycles. The number of hydrogen-bond donors (Lipinski definition) is 1. The maximum atomic E-state index is 13.4. The van der Waals surface area contributed by atoms with E-state index in [-0.39, 0.29) is 18.7 Å². The maximum absolute atomic E-state index is 13.4. The highest BCUT2D eigenvalue weighted by Gasteiger charge is 2.21. The van der Waals surface area contributed by atoms with Gasteiger partial charge in [0.2, 0.25) is 0 Å². The molecule has 0 bridgehead atoms. The number of nitrogens with two attached hydrogens (primary N) is 1. The first-order chi connectivity index (χ1) is 8.63. The van der Waals surface area contributed by atoms with Crippen molar-refractivity contribution < 1.29 is 13.9 Å². The van der Waals surface area contributed by atoms with Crippen molar-refractivity contribution in [2.24, 2.45) is 11.7 Å². The topological polar surface area (TPSA) is 44.5 Å². The van der Waals surface area contributed by atoms with Gasteiger partial charge in [-0.25, -0.2) is 4.39 Å². The van der Waals surface area contributed by atoms with Crippen LogP contribution in [-0.4, -0.2) is 19.4 Å². The maximum Gasteiger partial charge on any atom is 0.189 e. The summed E-state index contributed by atoms with van der Waals surface area (Å²) >= 11 is 0. The van der Waals surface area contributed by atoms with Crippen LogP contribution in [0, 0.1) is 11.7 Å². The van der Waals surface area contributed by atoms with Crippen LogP contribution in [0.5, 0.6) is 5.75 Å². The average molecular weight is 253 g/mol. The Bertz CT molecular complexity index is 391. The number of hydrogen-bond acceptors (Lipinski definition) is 3. The second kappa shape index (κ2) is 6.16. The Balaban J connectivity index is 1.83. The fourth-order valence-corrected chi connectivity index (χ4v) is 1.80. The second-order valence-electron chi connectivity index (χ2n) is 5.05. The van der Waals surface area contributed by atoms with E-state index in [2.05, 4.69) is 0 Å². The number of benzene rings is 1. The van der Waals surface area contributed by atoms with Crippen molar-refractivity contribution >= 4 is 0 Å². The molecule has 4 heteroatoms. The van der Waals surface area contributed by atoms with Gasteiger partial charge in [0.05, 0.1) is 6.61 Å². The zero-order valence-electron chi connectivity index (χ0n) is 10.7. The van der Waals surface area contributed by atoms with Gasteiger partial charge in [0.25, 0.3) is 0 Å². The fraction of sp³-hybridized carbons (Fsp3) is 0.571. The Morgan fingerprint density at radius 1 is 1.39 bits per heavy atom. The van der Waals surface area contributed by atoms with Crippen molar-refractivity contribution in [1.82, 2.24) is 0 Å². The number of halogens is 1. The first kappa shape index (κ1) is 13.3. The van der Waals surface area contributed by atoms with Crippen LogP contribution in [0.3, 0.4) is 0 Å². The lowest BCUT2D eigenvalue weighted by Crippen LogP contribution is -2.17. The molecule has 1 fully saturated rings. The van der Waals surface area contributed by atoms with Crippen molar-refractivity contribution in [3.63, 3.8) is 0 Å². The van der Waals surface area contributed by atoms with E-state index in [9.17, 15) is 4.39 Å². The monoisotopic (exact) mass is 253 g/mol. The molecule has 2 N–H and O–H groups in total. The van der Waals surface area contributed by atoms with E-state index in [4.69, 9.17) is 15.2 Å². The van der Waals surface area contributed by atoms with Crippen molar-refractivity contribution in [1.29, 1.82) is 0 Å². The van der Waals surface area contributed by atoms with Crippen molar-refractivity contribution in [3.05, 3.63) is 29.6 Å². The zero-order chi connectivity index (χ0) is 13.0. The van der Waals surface area contributed by atoms with E-state index < -0.39 is 0 Å². The minimum atomic E-state index is -0.301. The predicted octanol–water partition coefficient (Wildman–Crippen LogP) is 2.48. The van der Waals surface area contributed by atoms with Crippen LogP contribution >= 0.6 is 0 Å². The third kappa shape index (κ3) is 4.63. The van der Waals surface area contributed by atoms with E-state index in [1.807, 2.05) is 13.0 Å². The molecular weight excluding hydrogens is 233 g/mol. The molecule has 100 valence electrons. The molecule has 1 aliphatic carbocycles. The molecule has 0 aliphatic heterocycles. The lowest BCUT2D eigenvalue weighted by Gasteiger charge is -2.10. The molecule has 3 nitrogen and oxygen atoms in total. The molecule has 0 aromatic heterocycles. The molecule has 0 saturated heterocycles. The van der Waals surface area contributed by atoms with Crippen LogP contribution in [0.1, 0.15) is 25.3 Å². The summed E-state index contributed by atoms with van der Waals surface area (Å²) in [5.41, 5.74) is 6.55. The molecule has 0 radical (unpaired) electrons. The summed E-state index contributed by atoms with van der Waals surface area (Å²) in [6.07, 6.45) is 3.13. The third-order valence-corrected chi connectivity index (χ3v) is 2.85. The highest BCUT2D eigenvalue weighted by molar-refractivity contribution is 5.30. The van der Waals surface area contributed by atoms with Gasteiger partial charge in [0.15, 0.2) is 6.79 Å². The van der Waals surface area contributed by atoms with Crippen molar-refractivity contribution in [2.45, 2.75) is 32.2 Å². The highest BCUT2D eigenvalue weighted by atomic mass is 19.1. The van der Waals surface area contributed by atoms with E-state index in [1.165, 1.54) is 25.0 Å². The van der Waals surface area contributed by atoms with Gasteiger partial charge in [0.1, 0.15) is 11.6 Å². The molecule has 0 heterocycles. The quantitative estimate of drug-likeness (QED) is 0.599. The van der Waals surface area contributed by atoms with Crippen LogP contribution in [0.15, 0.2) is 18.2 Å². The Morgan fingerprint density at radius 2 is 2.17 bits per heavy atom. The van der Waals surface area contributed by atoms with Crippen LogP contribution in [0.2, 0.25) is 0 Å². The first-order valence-corrected chi connectivity index (χ1v) is 6.39. The molecule has 1 aromatic rings. The van der Waals surface area contributed by atoms with E-state index in [1.54, 1.807) is 0 Å². The van der Waals surface area contributed by atoms with Crippen LogP contribution in [0.4, 0.5) is 4.39 Å². The van der Waals surface area contributed by atoms with E-state index in [0.717, 1.165) is 12.2 Å². The Morgan fingerprint density at radius 3 is 2.83 bits per heavy atom. The molecule has 18 heavy (non-hydrogen) atoms. The summed E-state index contributed by atoms with van der Waals surface area (Å²) in [5, 5.41) is 0. The van der Waals surface area contributed by atoms with Gasteiger partial charge in [-0.15, -0.1) is 0 Å². The minimum absolute atomic E-state index is 0.00534. The standard InChI is InChI=1S/C14H20FNO2/c1-10(16)4-12-5-13(15)7-14(6-12)18-9-17-8-11-2-3-11/h5-7,10-11H,2-4,8-9,16H2,1H3. The van der Waals surface area contributed by atoms with Gasteiger partial charge in [-0.05, 0) is 49.8 Å². The number of ether oxygens (including phenoxy) is 2. The van der Waals surface area contributed by atoms with E-state index in [0.29, 0.717) is 18.1 Å². The largest absolute Gasteiger partial charge is 0.467 e. The molecule has 1 unspecified atom stereocenters. The summed E-state index contributed by atoms with van der Waals surface area (Å²) in [6, 6.07) is 4.67. The molecule has 0 spiro atoms. The minimum Gasteiger partial charge on any atom is -0.467 e. The SMILES string of the molecule is CC(N)Cc1cc(F)cc(OCOCC2CC2)c1. The molecular formula is C14H20FNO2. The van der Waals surface area contributed by atoms with Crippen molar-refractivity contribution in [2.75, 3.05) is 13.4 Å².